The smallest absolute Gasteiger partial charge is 0.407 e. The molecule has 1 aliphatic rings. The van der Waals surface area contributed by atoms with E-state index in [0.29, 0.717) is 25.6 Å². The number of aromatic nitrogens is 1. The summed E-state index contributed by atoms with van der Waals surface area (Å²) < 4.78 is 24.5. The summed E-state index contributed by atoms with van der Waals surface area (Å²) in [5, 5.41) is 17.1. The molecular weight excluding hydrogens is 425 g/mol. The van der Waals surface area contributed by atoms with Crippen LogP contribution in [0.15, 0.2) is 40.9 Å². The number of hydrogen-bond donors (Lipinski definition) is 2. The van der Waals surface area contributed by atoms with Crippen molar-refractivity contribution >= 4 is 17.1 Å². The quantitative estimate of drug-likeness (QED) is 0.541. The maximum absolute atomic E-state index is 13.0. The number of piperidine rings is 1. The Morgan fingerprint density at radius 3 is 2.52 bits per heavy atom. The van der Waals surface area contributed by atoms with Gasteiger partial charge in [0.25, 0.3) is 0 Å². The van der Waals surface area contributed by atoms with Gasteiger partial charge in [-0.15, -0.1) is 0 Å². The third-order valence-electron chi connectivity index (χ3n) is 5.90. The van der Waals surface area contributed by atoms with Crippen molar-refractivity contribution < 1.29 is 23.6 Å². The molecular formula is C25H32FN3O4. The predicted octanol–water partition coefficient (Wildman–Crippen LogP) is 5.01. The van der Waals surface area contributed by atoms with Crippen LogP contribution < -0.4 is 10.1 Å². The molecule has 0 atom stereocenters. The van der Waals surface area contributed by atoms with Crippen LogP contribution >= 0.6 is 0 Å². The van der Waals surface area contributed by atoms with Gasteiger partial charge in [-0.1, -0.05) is 17.3 Å². The number of rotatable bonds is 6. The van der Waals surface area contributed by atoms with Crippen LogP contribution in [0, 0.1) is 18.7 Å². The van der Waals surface area contributed by atoms with Crippen LogP contribution in [0.5, 0.6) is 5.75 Å². The number of aryl methyl sites for hydroxylation is 2. The highest BCUT2D eigenvalue weighted by Crippen LogP contribution is 2.31. The van der Waals surface area contributed by atoms with Gasteiger partial charge in [-0.05, 0) is 82.4 Å². The van der Waals surface area contributed by atoms with Crippen LogP contribution in [0.4, 0.5) is 9.18 Å². The molecule has 0 spiro atoms. The first-order valence-electron chi connectivity index (χ1n) is 11.2. The van der Waals surface area contributed by atoms with Crippen molar-refractivity contribution in [1.29, 1.82) is 0 Å². The monoisotopic (exact) mass is 457 g/mol. The number of nitrogens with one attached hydrogen (secondary N) is 1. The zero-order valence-corrected chi connectivity index (χ0v) is 19.4. The van der Waals surface area contributed by atoms with Crippen LogP contribution in [-0.4, -0.2) is 48.4 Å². The number of carboxylic acid groups (broad SMARTS) is 1. The molecule has 0 unspecified atom stereocenters. The topological polar surface area (TPSA) is 87.8 Å². The lowest BCUT2D eigenvalue weighted by atomic mass is 9.91. The summed E-state index contributed by atoms with van der Waals surface area (Å²) in [6.45, 7) is 3.50. The SMILES string of the molecule is CNC.Cc1c(OCc2ccc(F)cc2)ccc2c(CCC3CCN(C(=O)O)CC3)noc12. The highest BCUT2D eigenvalue weighted by Gasteiger charge is 2.23. The number of halogens is 1. The molecule has 7 nitrogen and oxygen atoms in total. The zero-order chi connectivity index (χ0) is 23.8. The second-order valence-corrected chi connectivity index (χ2v) is 8.36. The van der Waals surface area contributed by atoms with E-state index in [-0.39, 0.29) is 5.82 Å². The molecule has 1 aromatic heterocycles. The summed E-state index contributed by atoms with van der Waals surface area (Å²) in [7, 11) is 3.75. The standard InChI is InChI=1S/C23H25FN2O4.C2H7N/c1-15-21(29-14-17-2-5-18(24)6-3-17)9-7-19-20(25-30-22(15)19)8-4-16-10-12-26(13-11-16)23(27)28;1-3-2/h2-3,5-7,9,16H,4,8,10-14H2,1H3,(H,27,28);3H,1-2H3. The molecule has 3 aromatic rings. The van der Waals surface area contributed by atoms with Gasteiger partial charge in [0.05, 0.1) is 5.69 Å². The molecule has 0 radical (unpaired) electrons. The summed E-state index contributed by atoms with van der Waals surface area (Å²) in [4.78, 5) is 12.5. The second-order valence-electron chi connectivity index (χ2n) is 8.36. The van der Waals surface area contributed by atoms with Crippen LogP contribution in [0.2, 0.25) is 0 Å². The Kier molecular flexibility index (Phi) is 8.65. The number of amides is 1. The number of nitrogens with zero attached hydrogens (tertiary/aromatic N) is 2. The van der Waals surface area contributed by atoms with E-state index in [0.717, 1.165) is 59.2 Å². The van der Waals surface area contributed by atoms with Crippen LogP contribution in [-0.2, 0) is 13.0 Å². The lowest BCUT2D eigenvalue weighted by Crippen LogP contribution is -2.37. The van der Waals surface area contributed by atoms with Crippen LogP contribution in [0.1, 0.15) is 36.1 Å². The molecule has 2 aromatic carbocycles. The lowest BCUT2D eigenvalue weighted by molar-refractivity contribution is 0.123. The Morgan fingerprint density at radius 2 is 1.88 bits per heavy atom. The molecule has 0 aliphatic carbocycles. The fourth-order valence-electron chi connectivity index (χ4n) is 4.00. The summed E-state index contributed by atoms with van der Waals surface area (Å²) in [5.74, 6) is 0.959. The molecule has 0 saturated carbocycles. The number of benzene rings is 2. The molecule has 1 amide bonds. The first kappa shape index (κ1) is 24.5. The maximum atomic E-state index is 13.0. The van der Waals surface area contributed by atoms with E-state index in [4.69, 9.17) is 14.4 Å². The second kappa shape index (κ2) is 11.7. The van der Waals surface area contributed by atoms with Gasteiger partial charge in [-0.3, -0.25) is 0 Å². The first-order valence-corrected chi connectivity index (χ1v) is 11.2. The van der Waals surface area contributed by atoms with Crippen molar-refractivity contribution in [1.82, 2.24) is 15.4 Å². The number of hydrogen-bond acceptors (Lipinski definition) is 5. The highest BCUT2D eigenvalue weighted by molar-refractivity contribution is 5.84. The van der Waals surface area contributed by atoms with Crippen molar-refractivity contribution in [3.8, 4) is 5.75 Å². The average Bonchev–Trinajstić information content (AvgIpc) is 3.23. The summed E-state index contributed by atoms with van der Waals surface area (Å²) in [6.07, 6.45) is 2.73. The van der Waals surface area contributed by atoms with Gasteiger partial charge in [-0.2, -0.15) is 0 Å². The summed E-state index contributed by atoms with van der Waals surface area (Å²) >= 11 is 0. The van der Waals surface area contributed by atoms with E-state index in [1.165, 1.54) is 17.0 Å². The predicted molar refractivity (Wildman–Crippen MR) is 125 cm³/mol. The summed E-state index contributed by atoms with van der Waals surface area (Å²) in [5.41, 5.74) is 3.44. The van der Waals surface area contributed by atoms with Crippen molar-refractivity contribution in [3.05, 3.63) is 59.0 Å². The number of fused-ring (bicyclic) bond motifs is 1. The van der Waals surface area contributed by atoms with E-state index in [9.17, 15) is 9.18 Å². The van der Waals surface area contributed by atoms with E-state index in [2.05, 4.69) is 10.5 Å². The van der Waals surface area contributed by atoms with Gasteiger partial charge in [-0.25, -0.2) is 9.18 Å². The average molecular weight is 458 g/mol. The Balaban J connectivity index is 0.000000968. The van der Waals surface area contributed by atoms with Gasteiger partial charge in [0.15, 0.2) is 5.58 Å². The van der Waals surface area contributed by atoms with Crippen molar-refractivity contribution in [2.75, 3.05) is 27.2 Å². The zero-order valence-electron chi connectivity index (χ0n) is 19.4. The maximum Gasteiger partial charge on any atom is 0.407 e. The van der Waals surface area contributed by atoms with Crippen molar-refractivity contribution in [2.45, 2.75) is 39.2 Å². The summed E-state index contributed by atoms with van der Waals surface area (Å²) in [6, 6.07) is 10.1. The number of carbonyl (C=O) groups is 1. The molecule has 1 saturated heterocycles. The van der Waals surface area contributed by atoms with E-state index in [1.807, 2.05) is 33.2 Å². The molecule has 178 valence electrons. The van der Waals surface area contributed by atoms with Gasteiger partial charge >= 0.3 is 6.09 Å². The van der Waals surface area contributed by atoms with Gasteiger partial charge in [0.1, 0.15) is 18.2 Å². The van der Waals surface area contributed by atoms with Crippen LogP contribution in [0.3, 0.4) is 0 Å². The van der Waals surface area contributed by atoms with Crippen molar-refractivity contribution in [2.24, 2.45) is 5.92 Å². The van der Waals surface area contributed by atoms with Crippen LogP contribution in [0.25, 0.3) is 11.0 Å². The van der Waals surface area contributed by atoms with Gasteiger partial charge in [0.2, 0.25) is 0 Å². The molecule has 33 heavy (non-hydrogen) atoms. The molecule has 0 bridgehead atoms. The minimum Gasteiger partial charge on any atom is -0.488 e. The fourth-order valence-corrected chi connectivity index (χ4v) is 4.00. The molecule has 1 fully saturated rings. The first-order chi connectivity index (χ1) is 15.9. The Bertz CT molecular complexity index is 1040. The fraction of sp³-hybridized carbons (Fsp3) is 0.440. The van der Waals surface area contributed by atoms with E-state index >= 15 is 0 Å². The van der Waals surface area contributed by atoms with E-state index < -0.39 is 6.09 Å². The molecule has 8 heteroatoms. The minimum absolute atomic E-state index is 0.266. The molecule has 2 heterocycles. The Hall–Kier alpha value is -3.13. The van der Waals surface area contributed by atoms with Crippen molar-refractivity contribution in [3.63, 3.8) is 0 Å². The molecule has 2 N–H and O–H groups in total. The minimum atomic E-state index is -0.830. The normalized spacial score (nSPS) is 14.1. The highest BCUT2D eigenvalue weighted by atomic mass is 19.1. The Labute approximate surface area is 193 Å². The number of ether oxygens (including phenoxy) is 1. The van der Waals surface area contributed by atoms with Gasteiger partial charge in [0, 0.05) is 24.0 Å². The van der Waals surface area contributed by atoms with E-state index in [1.54, 1.807) is 12.1 Å². The largest absolute Gasteiger partial charge is 0.488 e. The third kappa shape index (κ3) is 6.44. The third-order valence-corrected chi connectivity index (χ3v) is 5.90. The lowest BCUT2D eigenvalue weighted by Gasteiger charge is -2.29. The van der Waals surface area contributed by atoms with Gasteiger partial charge < -0.3 is 24.6 Å². The number of likely N-dealkylation sites (tertiary alicyclic amines) is 1. The Morgan fingerprint density at radius 1 is 1.21 bits per heavy atom. The molecule has 1 aliphatic heterocycles. The molecule has 4 rings (SSSR count).